The molecule has 1 aliphatic rings. The Bertz CT molecular complexity index is 652. The maximum atomic E-state index is 6.11. The first-order chi connectivity index (χ1) is 10.1. The maximum Gasteiger partial charge on any atom is 0.133 e. The first-order valence-electron chi connectivity index (χ1n) is 7.48. The van der Waals surface area contributed by atoms with E-state index in [1.807, 2.05) is 25.1 Å². The second-order valence-corrected chi connectivity index (χ2v) is 6.63. The van der Waals surface area contributed by atoms with Crippen LogP contribution in [0.25, 0.3) is 0 Å². The Balaban J connectivity index is 1.91. The van der Waals surface area contributed by atoms with E-state index < -0.39 is 0 Å². The van der Waals surface area contributed by atoms with E-state index in [1.54, 1.807) is 0 Å². The Kier molecular flexibility index (Phi) is 4.32. The molecule has 1 atom stereocenters. The molecule has 21 heavy (non-hydrogen) atoms. The van der Waals surface area contributed by atoms with Gasteiger partial charge in [0, 0.05) is 16.1 Å². The van der Waals surface area contributed by atoms with Gasteiger partial charge in [-0.2, -0.15) is 0 Å². The van der Waals surface area contributed by atoms with Crippen molar-refractivity contribution in [2.24, 2.45) is 5.73 Å². The minimum absolute atomic E-state index is 0.0503. The van der Waals surface area contributed by atoms with Gasteiger partial charge in [0.1, 0.15) is 11.5 Å². The molecule has 0 saturated heterocycles. The van der Waals surface area contributed by atoms with E-state index >= 15 is 0 Å². The van der Waals surface area contributed by atoms with Crippen molar-refractivity contribution in [2.75, 3.05) is 0 Å². The lowest BCUT2D eigenvalue weighted by molar-refractivity contribution is 0.470. The van der Waals surface area contributed by atoms with Gasteiger partial charge in [-0.1, -0.05) is 28.1 Å². The predicted octanol–water partition coefficient (Wildman–Crippen LogP) is 5.14. The number of nitrogens with two attached hydrogens (primary N) is 1. The molecule has 0 radical (unpaired) electrons. The van der Waals surface area contributed by atoms with Gasteiger partial charge in [0.15, 0.2) is 0 Å². The van der Waals surface area contributed by atoms with Crippen LogP contribution in [0, 0.1) is 0 Å². The van der Waals surface area contributed by atoms with E-state index in [2.05, 4.69) is 34.1 Å². The van der Waals surface area contributed by atoms with Crippen LogP contribution in [0.2, 0.25) is 0 Å². The smallest absolute Gasteiger partial charge is 0.133 e. The standard InChI is InChI=1S/C18H20BrNO/c1-12(20)17-9-7-15(19)11-18(17)21-16-8-6-13-4-2-3-5-14(13)10-16/h6-12H,2-5,20H2,1H3. The van der Waals surface area contributed by atoms with E-state index in [4.69, 9.17) is 10.5 Å². The monoisotopic (exact) mass is 345 g/mol. The summed E-state index contributed by atoms with van der Waals surface area (Å²) < 4.78 is 7.11. The fraction of sp³-hybridized carbons (Fsp3) is 0.333. The van der Waals surface area contributed by atoms with Gasteiger partial charge in [0.2, 0.25) is 0 Å². The van der Waals surface area contributed by atoms with Gasteiger partial charge >= 0.3 is 0 Å². The van der Waals surface area contributed by atoms with Crippen molar-refractivity contribution < 1.29 is 4.74 Å². The van der Waals surface area contributed by atoms with Gasteiger partial charge in [-0.15, -0.1) is 0 Å². The third kappa shape index (κ3) is 3.30. The highest BCUT2D eigenvalue weighted by atomic mass is 79.9. The Morgan fingerprint density at radius 3 is 2.57 bits per heavy atom. The molecule has 1 aliphatic carbocycles. The van der Waals surface area contributed by atoms with Crippen molar-refractivity contribution in [3.63, 3.8) is 0 Å². The summed E-state index contributed by atoms with van der Waals surface area (Å²) in [7, 11) is 0. The second kappa shape index (κ2) is 6.20. The zero-order valence-corrected chi connectivity index (χ0v) is 13.8. The molecular formula is C18H20BrNO. The first-order valence-corrected chi connectivity index (χ1v) is 8.27. The SMILES string of the molecule is CC(N)c1ccc(Br)cc1Oc1ccc2c(c1)CCCC2. The molecule has 1 unspecified atom stereocenters. The molecule has 110 valence electrons. The fourth-order valence-corrected chi connectivity index (χ4v) is 3.21. The number of aryl methyl sites for hydroxylation is 2. The summed E-state index contributed by atoms with van der Waals surface area (Å²) >= 11 is 3.50. The van der Waals surface area contributed by atoms with Crippen LogP contribution in [0.15, 0.2) is 40.9 Å². The molecule has 3 heteroatoms. The summed E-state index contributed by atoms with van der Waals surface area (Å²) in [6, 6.07) is 12.4. The highest BCUT2D eigenvalue weighted by Gasteiger charge is 2.13. The van der Waals surface area contributed by atoms with Crippen molar-refractivity contribution in [3.8, 4) is 11.5 Å². The number of halogens is 1. The van der Waals surface area contributed by atoms with Crippen molar-refractivity contribution in [1.82, 2.24) is 0 Å². The summed E-state index contributed by atoms with van der Waals surface area (Å²) in [5, 5.41) is 0. The third-order valence-electron chi connectivity index (χ3n) is 4.01. The minimum atomic E-state index is -0.0503. The van der Waals surface area contributed by atoms with Gasteiger partial charge in [0.25, 0.3) is 0 Å². The van der Waals surface area contributed by atoms with Crippen molar-refractivity contribution >= 4 is 15.9 Å². The number of rotatable bonds is 3. The molecule has 0 aliphatic heterocycles. The summed E-state index contributed by atoms with van der Waals surface area (Å²) in [5.74, 6) is 1.73. The van der Waals surface area contributed by atoms with Crippen LogP contribution < -0.4 is 10.5 Å². The Labute approximate surface area is 134 Å². The first kappa shape index (κ1) is 14.6. The highest BCUT2D eigenvalue weighted by molar-refractivity contribution is 9.10. The van der Waals surface area contributed by atoms with Gasteiger partial charge in [0.05, 0.1) is 0 Å². The topological polar surface area (TPSA) is 35.2 Å². The molecule has 0 heterocycles. The lowest BCUT2D eigenvalue weighted by atomic mass is 9.92. The van der Waals surface area contributed by atoms with Crippen molar-refractivity contribution in [3.05, 3.63) is 57.6 Å². The zero-order valence-electron chi connectivity index (χ0n) is 12.2. The highest BCUT2D eigenvalue weighted by Crippen LogP contribution is 2.33. The van der Waals surface area contributed by atoms with Crippen LogP contribution in [-0.4, -0.2) is 0 Å². The zero-order chi connectivity index (χ0) is 14.8. The lowest BCUT2D eigenvalue weighted by Gasteiger charge is -2.18. The molecule has 2 nitrogen and oxygen atoms in total. The number of fused-ring (bicyclic) bond motifs is 1. The Morgan fingerprint density at radius 2 is 1.81 bits per heavy atom. The van der Waals surface area contributed by atoms with Crippen LogP contribution in [0.5, 0.6) is 11.5 Å². The molecule has 0 saturated carbocycles. The molecule has 0 amide bonds. The average Bonchev–Trinajstić information content (AvgIpc) is 2.47. The number of hydrogen-bond acceptors (Lipinski definition) is 2. The molecule has 0 fully saturated rings. The van der Waals surface area contributed by atoms with Crippen LogP contribution >= 0.6 is 15.9 Å². The molecule has 3 rings (SSSR count). The molecule has 0 bridgehead atoms. The van der Waals surface area contributed by atoms with E-state index in [1.165, 1.54) is 30.4 Å². The molecular weight excluding hydrogens is 326 g/mol. The Hall–Kier alpha value is -1.32. The number of hydrogen-bond donors (Lipinski definition) is 1. The minimum Gasteiger partial charge on any atom is -0.457 e. The number of benzene rings is 2. The predicted molar refractivity (Wildman–Crippen MR) is 89.9 cm³/mol. The number of ether oxygens (including phenoxy) is 1. The normalized spacial score (nSPS) is 15.4. The second-order valence-electron chi connectivity index (χ2n) is 5.71. The largest absolute Gasteiger partial charge is 0.457 e. The van der Waals surface area contributed by atoms with E-state index in [0.29, 0.717) is 0 Å². The fourth-order valence-electron chi connectivity index (χ4n) is 2.87. The molecule has 0 aromatic heterocycles. The molecule has 0 spiro atoms. The van der Waals surface area contributed by atoms with Crippen LogP contribution in [-0.2, 0) is 12.8 Å². The summed E-state index contributed by atoms with van der Waals surface area (Å²) in [4.78, 5) is 0. The quantitative estimate of drug-likeness (QED) is 0.835. The Morgan fingerprint density at radius 1 is 1.05 bits per heavy atom. The van der Waals surface area contributed by atoms with Crippen molar-refractivity contribution in [2.45, 2.75) is 38.6 Å². The molecule has 2 N–H and O–H groups in total. The summed E-state index contributed by atoms with van der Waals surface area (Å²) in [6.45, 7) is 1.98. The van der Waals surface area contributed by atoms with Gasteiger partial charge in [-0.3, -0.25) is 0 Å². The lowest BCUT2D eigenvalue weighted by Crippen LogP contribution is -2.07. The van der Waals surface area contributed by atoms with Crippen LogP contribution in [0.3, 0.4) is 0 Å². The maximum absolute atomic E-state index is 6.11. The molecule has 2 aromatic rings. The van der Waals surface area contributed by atoms with Gasteiger partial charge in [-0.05, 0) is 68.0 Å². The van der Waals surface area contributed by atoms with E-state index in [9.17, 15) is 0 Å². The van der Waals surface area contributed by atoms with E-state index in [0.717, 1.165) is 28.0 Å². The van der Waals surface area contributed by atoms with E-state index in [-0.39, 0.29) is 6.04 Å². The summed E-state index contributed by atoms with van der Waals surface area (Å²) in [5.41, 5.74) is 9.95. The van der Waals surface area contributed by atoms with Crippen LogP contribution in [0.1, 0.15) is 42.5 Å². The van der Waals surface area contributed by atoms with Gasteiger partial charge in [-0.25, -0.2) is 0 Å². The third-order valence-corrected chi connectivity index (χ3v) is 4.51. The molecule has 2 aromatic carbocycles. The summed E-state index contributed by atoms with van der Waals surface area (Å²) in [6.07, 6.45) is 4.93. The van der Waals surface area contributed by atoms with Gasteiger partial charge < -0.3 is 10.5 Å². The van der Waals surface area contributed by atoms with Crippen LogP contribution in [0.4, 0.5) is 0 Å². The van der Waals surface area contributed by atoms with Crippen molar-refractivity contribution in [1.29, 1.82) is 0 Å². The average molecular weight is 346 g/mol.